The average Bonchev–Trinajstić information content (AvgIpc) is 2.22. The van der Waals surface area contributed by atoms with Crippen LogP contribution in [0.2, 0.25) is 0 Å². The number of hydrogen-bond acceptors (Lipinski definition) is 1. The van der Waals surface area contributed by atoms with Gasteiger partial charge in [0.15, 0.2) is 0 Å². The fourth-order valence-electron chi connectivity index (χ4n) is 1.21. The summed E-state index contributed by atoms with van der Waals surface area (Å²) in [6.45, 7) is 2.50. The van der Waals surface area contributed by atoms with E-state index in [1.807, 2.05) is 19.1 Å². The summed E-state index contributed by atoms with van der Waals surface area (Å²) >= 11 is 3.33. The first kappa shape index (κ1) is 12.2. The molecule has 0 aromatic heterocycles. The smallest absolute Gasteiger partial charge is 0.126 e. The molecule has 0 fully saturated rings. The SMILES string of the molecule is CCOc1ccc(F)cc1C=CCCBr. The van der Waals surface area contributed by atoms with E-state index < -0.39 is 0 Å². The minimum Gasteiger partial charge on any atom is -0.493 e. The number of halogens is 2. The van der Waals surface area contributed by atoms with Gasteiger partial charge >= 0.3 is 0 Å². The van der Waals surface area contributed by atoms with Gasteiger partial charge in [0.2, 0.25) is 0 Å². The molecule has 0 heterocycles. The molecule has 0 aliphatic rings. The van der Waals surface area contributed by atoms with Crippen molar-refractivity contribution < 1.29 is 9.13 Å². The van der Waals surface area contributed by atoms with Crippen molar-refractivity contribution >= 4 is 22.0 Å². The summed E-state index contributed by atoms with van der Waals surface area (Å²) in [6.07, 6.45) is 4.80. The molecule has 0 unspecified atom stereocenters. The van der Waals surface area contributed by atoms with Gasteiger partial charge in [-0.15, -0.1) is 0 Å². The van der Waals surface area contributed by atoms with Crippen LogP contribution in [-0.2, 0) is 0 Å². The standard InChI is InChI=1S/C12H14BrFO/c1-2-15-12-7-6-11(14)9-10(12)5-3-4-8-13/h3,5-7,9H,2,4,8H2,1H3. The number of rotatable bonds is 5. The van der Waals surface area contributed by atoms with Gasteiger partial charge in [0.25, 0.3) is 0 Å². The largest absolute Gasteiger partial charge is 0.493 e. The molecule has 1 rings (SSSR count). The third-order valence-electron chi connectivity index (χ3n) is 1.84. The molecule has 0 bridgehead atoms. The fraction of sp³-hybridized carbons (Fsp3) is 0.333. The van der Waals surface area contributed by atoms with Crippen LogP contribution in [0.15, 0.2) is 24.3 Å². The van der Waals surface area contributed by atoms with Gasteiger partial charge in [-0.25, -0.2) is 4.39 Å². The van der Waals surface area contributed by atoms with Crippen LogP contribution >= 0.6 is 15.9 Å². The highest BCUT2D eigenvalue weighted by atomic mass is 79.9. The quantitative estimate of drug-likeness (QED) is 0.736. The third-order valence-corrected chi connectivity index (χ3v) is 2.30. The second-order valence-electron chi connectivity index (χ2n) is 3.00. The Labute approximate surface area is 98.1 Å². The first-order valence-corrected chi connectivity index (χ1v) is 6.05. The summed E-state index contributed by atoms with van der Waals surface area (Å²) < 4.78 is 18.4. The fourth-order valence-corrected chi connectivity index (χ4v) is 1.47. The summed E-state index contributed by atoms with van der Waals surface area (Å²) in [7, 11) is 0. The molecule has 1 aromatic carbocycles. The summed E-state index contributed by atoms with van der Waals surface area (Å²) in [5.74, 6) is 0.488. The molecule has 1 aromatic rings. The Balaban J connectivity index is 2.86. The van der Waals surface area contributed by atoms with Crippen molar-refractivity contribution in [1.29, 1.82) is 0 Å². The van der Waals surface area contributed by atoms with Gasteiger partial charge in [-0.1, -0.05) is 28.1 Å². The number of hydrogen-bond donors (Lipinski definition) is 0. The molecule has 0 aliphatic heterocycles. The lowest BCUT2D eigenvalue weighted by molar-refractivity contribution is 0.339. The summed E-state index contributed by atoms with van der Waals surface area (Å²) in [4.78, 5) is 0. The zero-order valence-electron chi connectivity index (χ0n) is 8.67. The first-order chi connectivity index (χ1) is 7.27. The molecule has 0 saturated heterocycles. The maximum Gasteiger partial charge on any atom is 0.126 e. The van der Waals surface area contributed by atoms with Crippen LogP contribution in [0.5, 0.6) is 5.75 Å². The topological polar surface area (TPSA) is 9.23 Å². The van der Waals surface area contributed by atoms with Crippen LogP contribution in [0, 0.1) is 5.82 Å². The molecule has 0 radical (unpaired) electrons. The molecule has 0 N–H and O–H groups in total. The van der Waals surface area contributed by atoms with E-state index >= 15 is 0 Å². The lowest BCUT2D eigenvalue weighted by Crippen LogP contribution is -1.94. The number of ether oxygens (including phenoxy) is 1. The molecule has 0 atom stereocenters. The zero-order chi connectivity index (χ0) is 11.1. The van der Waals surface area contributed by atoms with E-state index in [1.54, 1.807) is 6.07 Å². The summed E-state index contributed by atoms with van der Waals surface area (Å²) in [6, 6.07) is 4.55. The van der Waals surface area contributed by atoms with Gasteiger partial charge in [0, 0.05) is 10.9 Å². The minimum absolute atomic E-state index is 0.239. The average molecular weight is 273 g/mol. The molecular formula is C12H14BrFO. The Kier molecular flexibility index (Phi) is 5.40. The van der Waals surface area contributed by atoms with Gasteiger partial charge in [-0.3, -0.25) is 0 Å². The van der Waals surface area contributed by atoms with Crippen LogP contribution in [0.1, 0.15) is 18.9 Å². The number of benzene rings is 1. The van der Waals surface area contributed by atoms with Gasteiger partial charge in [-0.05, 0) is 31.5 Å². The van der Waals surface area contributed by atoms with Crippen LogP contribution in [-0.4, -0.2) is 11.9 Å². The van der Waals surface area contributed by atoms with Crippen molar-refractivity contribution in [2.24, 2.45) is 0 Å². The predicted molar refractivity (Wildman–Crippen MR) is 65.0 cm³/mol. The van der Waals surface area contributed by atoms with Crippen LogP contribution in [0.3, 0.4) is 0 Å². The van der Waals surface area contributed by atoms with Gasteiger partial charge < -0.3 is 4.74 Å². The van der Waals surface area contributed by atoms with E-state index in [1.165, 1.54) is 12.1 Å². The summed E-state index contributed by atoms with van der Waals surface area (Å²) in [5, 5.41) is 0.906. The molecule has 0 spiro atoms. The van der Waals surface area contributed by atoms with Crippen molar-refractivity contribution in [2.45, 2.75) is 13.3 Å². The normalized spacial score (nSPS) is 10.9. The number of alkyl halides is 1. The predicted octanol–water partition coefficient (Wildman–Crippen LogP) is 4.02. The van der Waals surface area contributed by atoms with Crippen molar-refractivity contribution in [1.82, 2.24) is 0 Å². The Bertz CT molecular complexity index is 336. The molecule has 0 saturated carbocycles. The second kappa shape index (κ2) is 6.62. The minimum atomic E-state index is -0.239. The Hall–Kier alpha value is -0.830. The highest BCUT2D eigenvalue weighted by molar-refractivity contribution is 9.09. The molecule has 1 nitrogen and oxygen atoms in total. The van der Waals surface area contributed by atoms with Gasteiger partial charge in [-0.2, -0.15) is 0 Å². The molecule has 3 heteroatoms. The highest BCUT2D eigenvalue weighted by Crippen LogP contribution is 2.21. The van der Waals surface area contributed by atoms with E-state index in [4.69, 9.17) is 4.74 Å². The van der Waals surface area contributed by atoms with Crippen molar-refractivity contribution in [2.75, 3.05) is 11.9 Å². The maximum absolute atomic E-state index is 13.0. The lowest BCUT2D eigenvalue weighted by Gasteiger charge is -2.06. The van der Waals surface area contributed by atoms with Crippen molar-refractivity contribution in [3.05, 3.63) is 35.7 Å². The van der Waals surface area contributed by atoms with E-state index in [-0.39, 0.29) is 5.82 Å². The lowest BCUT2D eigenvalue weighted by atomic mass is 10.1. The molecule has 0 aliphatic carbocycles. The highest BCUT2D eigenvalue weighted by Gasteiger charge is 2.01. The molecule has 82 valence electrons. The summed E-state index contributed by atoms with van der Waals surface area (Å²) in [5.41, 5.74) is 0.790. The molecule has 0 amide bonds. The van der Waals surface area contributed by atoms with Crippen LogP contribution in [0.25, 0.3) is 6.08 Å². The Morgan fingerprint density at radius 2 is 2.27 bits per heavy atom. The van der Waals surface area contributed by atoms with Crippen LogP contribution in [0.4, 0.5) is 4.39 Å². The zero-order valence-corrected chi connectivity index (χ0v) is 10.3. The monoisotopic (exact) mass is 272 g/mol. The number of allylic oxidation sites excluding steroid dienone is 1. The van der Waals surface area contributed by atoms with Crippen molar-refractivity contribution in [3.63, 3.8) is 0 Å². The van der Waals surface area contributed by atoms with Crippen molar-refractivity contribution in [3.8, 4) is 5.75 Å². The Morgan fingerprint density at radius 1 is 1.47 bits per heavy atom. The van der Waals surface area contributed by atoms with Crippen LogP contribution < -0.4 is 4.74 Å². The van der Waals surface area contributed by atoms with Gasteiger partial charge in [0.1, 0.15) is 11.6 Å². The Morgan fingerprint density at radius 3 is 2.93 bits per heavy atom. The second-order valence-corrected chi connectivity index (χ2v) is 3.79. The molecule has 15 heavy (non-hydrogen) atoms. The van der Waals surface area contributed by atoms with E-state index in [0.29, 0.717) is 6.61 Å². The van der Waals surface area contributed by atoms with E-state index in [9.17, 15) is 4.39 Å². The maximum atomic E-state index is 13.0. The van der Waals surface area contributed by atoms with E-state index in [2.05, 4.69) is 15.9 Å². The third kappa shape index (κ3) is 4.04. The van der Waals surface area contributed by atoms with Gasteiger partial charge in [0.05, 0.1) is 6.61 Å². The first-order valence-electron chi connectivity index (χ1n) is 4.92. The molecular weight excluding hydrogens is 259 g/mol. The van der Waals surface area contributed by atoms with E-state index in [0.717, 1.165) is 23.1 Å².